The lowest BCUT2D eigenvalue weighted by Gasteiger charge is -2.13. The third-order valence-electron chi connectivity index (χ3n) is 1.36. The summed E-state index contributed by atoms with van der Waals surface area (Å²) in [5, 5.41) is 8.41. The summed E-state index contributed by atoms with van der Waals surface area (Å²) < 4.78 is 0. The Kier molecular flexibility index (Phi) is 4.03. The molecule has 1 aliphatic rings. The van der Waals surface area contributed by atoms with Crippen molar-refractivity contribution in [1.82, 2.24) is 4.90 Å². The second-order valence-electron chi connectivity index (χ2n) is 2.08. The lowest BCUT2D eigenvalue weighted by molar-refractivity contribution is 0.348. The smallest absolute Gasteiger partial charge is 0.0866 e. The second kappa shape index (κ2) is 4.89. The SMILES string of the molecule is N#CCN1CCSSCC1. The lowest BCUT2D eigenvalue weighted by atomic mass is 10.5. The largest absolute Gasteiger partial charge is 0.289 e. The summed E-state index contributed by atoms with van der Waals surface area (Å²) in [6, 6.07) is 2.17. The summed E-state index contributed by atoms with van der Waals surface area (Å²) >= 11 is 0. The first-order valence-corrected chi connectivity index (χ1v) is 5.76. The van der Waals surface area contributed by atoms with Crippen LogP contribution in [-0.2, 0) is 0 Å². The molecule has 1 rings (SSSR count). The van der Waals surface area contributed by atoms with E-state index in [1.807, 2.05) is 21.6 Å². The van der Waals surface area contributed by atoms with Crippen LogP contribution in [0.25, 0.3) is 0 Å². The molecule has 1 fully saturated rings. The van der Waals surface area contributed by atoms with Crippen molar-refractivity contribution in [2.75, 3.05) is 31.1 Å². The van der Waals surface area contributed by atoms with Crippen molar-refractivity contribution >= 4 is 21.6 Å². The van der Waals surface area contributed by atoms with Crippen LogP contribution in [0.15, 0.2) is 0 Å². The van der Waals surface area contributed by atoms with E-state index in [-0.39, 0.29) is 0 Å². The predicted octanol–water partition coefficient (Wildman–Crippen LogP) is 1.21. The van der Waals surface area contributed by atoms with Crippen molar-refractivity contribution in [3.63, 3.8) is 0 Å². The van der Waals surface area contributed by atoms with Crippen LogP contribution in [0.1, 0.15) is 0 Å². The van der Waals surface area contributed by atoms with Crippen molar-refractivity contribution in [2.45, 2.75) is 0 Å². The highest BCUT2D eigenvalue weighted by Crippen LogP contribution is 2.23. The molecule has 0 spiro atoms. The van der Waals surface area contributed by atoms with E-state index >= 15 is 0 Å². The van der Waals surface area contributed by atoms with E-state index in [0.717, 1.165) is 24.6 Å². The molecule has 0 aromatic heterocycles. The molecule has 0 aromatic rings. The fraction of sp³-hybridized carbons (Fsp3) is 0.833. The number of rotatable bonds is 1. The van der Waals surface area contributed by atoms with Gasteiger partial charge in [-0.1, -0.05) is 21.6 Å². The summed E-state index contributed by atoms with van der Waals surface area (Å²) in [6.45, 7) is 2.75. The van der Waals surface area contributed by atoms with E-state index in [9.17, 15) is 0 Å². The zero-order valence-corrected chi connectivity index (χ0v) is 7.38. The molecule has 4 heteroatoms. The van der Waals surface area contributed by atoms with Gasteiger partial charge in [0.25, 0.3) is 0 Å². The number of hydrogen-bond acceptors (Lipinski definition) is 4. The van der Waals surface area contributed by atoms with Gasteiger partial charge in [-0.25, -0.2) is 0 Å². The van der Waals surface area contributed by atoms with Gasteiger partial charge in [0.1, 0.15) is 0 Å². The average Bonchev–Trinajstić information content (AvgIpc) is 2.17. The Balaban J connectivity index is 2.23. The van der Waals surface area contributed by atoms with E-state index in [0.29, 0.717) is 6.54 Å². The fourth-order valence-electron chi connectivity index (χ4n) is 0.821. The van der Waals surface area contributed by atoms with Crippen LogP contribution >= 0.6 is 21.6 Å². The molecule has 0 radical (unpaired) electrons. The summed E-state index contributed by atoms with van der Waals surface area (Å²) in [6.07, 6.45) is 0. The van der Waals surface area contributed by atoms with Gasteiger partial charge in [-0.3, -0.25) is 4.90 Å². The van der Waals surface area contributed by atoms with Gasteiger partial charge in [-0.05, 0) is 0 Å². The van der Waals surface area contributed by atoms with E-state index in [4.69, 9.17) is 5.26 Å². The zero-order valence-electron chi connectivity index (χ0n) is 5.75. The van der Waals surface area contributed by atoms with Gasteiger partial charge >= 0.3 is 0 Å². The van der Waals surface area contributed by atoms with Crippen LogP contribution in [0.5, 0.6) is 0 Å². The summed E-state index contributed by atoms with van der Waals surface area (Å²) in [7, 11) is 3.82. The number of nitriles is 1. The molecule has 0 atom stereocenters. The van der Waals surface area contributed by atoms with Gasteiger partial charge in [0.15, 0.2) is 0 Å². The van der Waals surface area contributed by atoms with Crippen LogP contribution in [0.3, 0.4) is 0 Å². The first-order chi connectivity index (χ1) is 4.93. The van der Waals surface area contributed by atoms with E-state index in [1.165, 1.54) is 0 Å². The highest BCUT2D eigenvalue weighted by atomic mass is 33.1. The molecule has 1 aliphatic heterocycles. The minimum absolute atomic E-state index is 0.598. The van der Waals surface area contributed by atoms with Gasteiger partial charge in [-0.15, -0.1) is 0 Å². The Hall–Kier alpha value is 0.150. The van der Waals surface area contributed by atoms with Crippen LogP contribution in [0.4, 0.5) is 0 Å². The van der Waals surface area contributed by atoms with Crippen molar-refractivity contribution in [2.24, 2.45) is 0 Å². The Labute approximate surface area is 69.4 Å². The Morgan fingerprint density at radius 1 is 1.30 bits per heavy atom. The second-order valence-corrected chi connectivity index (χ2v) is 4.78. The first kappa shape index (κ1) is 8.25. The lowest BCUT2D eigenvalue weighted by Crippen LogP contribution is -2.27. The highest BCUT2D eigenvalue weighted by molar-refractivity contribution is 8.76. The number of nitrogens with zero attached hydrogens (tertiary/aromatic N) is 2. The van der Waals surface area contributed by atoms with Crippen LogP contribution in [0, 0.1) is 11.3 Å². The Morgan fingerprint density at radius 2 is 1.90 bits per heavy atom. The molecule has 0 bridgehead atoms. The van der Waals surface area contributed by atoms with E-state index < -0.39 is 0 Å². The molecular weight excluding hydrogens is 164 g/mol. The van der Waals surface area contributed by atoms with Crippen molar-refractivity contribution in [3.05, 3.63) is 0 Å². The minimum Gasteiger partial charge on any atom is -0.289 e. The first-order valence-electron chi connectivity index (χ1n) is 3.27. The fourth-order valence-corrected chi connectivity index (χ4v) is 2.88. The van der Waals surface area contributed by atoms with Crippen molar-refractivity contribution < 1.29 is 0 Å². The summed E-state index contributed by atoms with van der Waals surface area (Å²) in [4.78, 5) is 2.20. The third kappa shape index (κ3) is 2.82. The average molecular weight is 174 g/mol. The third-order valence-corrected chi connectivity index (χ3v) is 3.72. The Bertz CT molecular complexity index is 124. The summed E-state index contributed by atoms with van der Waals surface area (Å²) in [5.41, 5.74) is 0. The quantitative estimate of drug-likeness (QED) is 0.441. The van der Waals surface area contributed by atoms with Gasteiger partial charge in [0, 0.05) is 24.6 Å². The maximum atomic E-state index is 8.41. The monoisotopic (exact) mass is 174 g/mol. The highest BCUT2D eigenvalue weighted by Gasteiger charge is 2.07. The maximum Gasteiger partial charge on any atom is 0.0866 e. The van der Waals surface area contributed by atoms with Crippen molar-refractivity contribution in [1.29, 1.82) is 5.26 Å². The van der Waals surface area contributed by atoms with Gasteiger partial charge in [-0.2, -0.15) is 5.26 Å². The molecule has 0 saturated carbocycles. The number of hydrogen-bond donors (Lipinski definition) is 0. The van der Waals surface area contributed by atoms with E-state index in [2.05, 4.69) is 11.0 Å². The molecule has 0 unspecified atom stereocenters. The standard InChI is InChI=1S/C6H10N2S2/c7-1-2-8-3-5-9-10-6-4-8/h2-6H2. The van der Waals surface area contributed by atoms with Crippen LogP contribution in [-0.4, -0.2) is 36.0 Å². The molecule has 0 aromatic carbocycles. The van der Waals surface area contributed by atoms with Gasteiger partial charge in [0.2, 0.25) is 0 Å². The molecule has 0 amide bonds. The molecule has 1 saturated heterocycles. The van der Waals surface area contributed by atoms with Gasteiger partial charge in [0.05, 0.1) is 12.6 Å². The summed E-state index contributed by atoms with van der Waals surface area (Å²) in [5.74, 6) is 2.32. The Morgan fingerprint density at radius 3 is 2.40 bits per heavy atom. The minimum atomic E-state index is 0.598. The van der Waals surface area contributed by atoms with Gasteiger partial charge < -0.3 is 0 Å². The van der Waals surface area contributed by atoms with E-state index in [1.54, 1.807) is 0 Å². The maximum absolute atomic E-state index is 8.41. The van der Waals surface area contributed by atoms with Crippen LogP contribution in [0.2, 0.25) is 0 Å². The predicted molar refractivity (Wildman–Crippen MR) is 47.0 cm³/mol. The van der Waals surface area contributed by atoms with Crippen molar-refractivity contribution in [3.8, 4) is 6.07 Å². The molecular formula is C6H10N2S2. The normalized spacial score (nSPS) is 21.5. The zero-order chi connectivity index (χ0) is 7.23. The molecule has 0 aliphatic carbocycles. The molecule has 0 N–H and O–H groups in total. The molecule has 1 heterocycles. The molecule has 56 valence electrons. The topological polar surface area (TPSA) is 27.0 Å². The molecule has 10 heavy (non-hydrogen) atoms. The van der Waals surface area contributed by atoms with Crippen LogP contribution < -0.4 is 0 Å². The molecule has 2 nitrogen and oxygen atoms in total.